The van der Waals surface area contributed by atoms with Crippen LogP contribution in [0.15, 0.2) is 41.3 Å². The predicted molar refractivity (Wildman–Crippen MR) is 47.6 cm³/mol. The van der Waals surface area contributed by atoms with Gasteiger partial charge in [-0.3, -0.25) is 0 Å². The van der Waals surface area contributed by atoms with Gasteiger partial charge in [-0.05, 0) is 12.1 Å². The minimum absolute atomic E-state index is 0.0614. The molecule has 1 heterocycles. The van der Waals surface area contributed by atoms with Crippen LogP contribution in [-0.4, -0.2) is 9.90 Å². The number of para-hydroxylation sites is 1. The van der Waals surface area contributed by atoms with Gasteiger partial charge in [0, 0.05) is 0 Å². The number of hydrogen-bond acceptors (Lipinski definition) is 1. The van der Waals surface area contributed by atoms with E-state index in [-0.39, 0.29) is 5.56 Å². The van der Waals surface area contributed by atoms with Gasteiger partial charge in [0.2, 0.25) is 6.20 Å². The van der Waals surface area contributed by atoms with Crippen molar-refractivity contribution in [2.24, 2.45) is 7.05 Å². The molecule has 1 N–H and O–H groups in total. The van der Waals surface area contributed by atoms with E-state index < -0.39 is 0 Å². The molecule has 0 saturated heterocycles. The number of nitrogens with zero attached hydrogens (tertiary/aromatic N) is 2. The molecule has 0 bridgehead atoms. The van der Waals surface area contributed by atoms with Crippen LogP contribution in [0.4, 0.5) is 0 Å². The van der Waals surface area contributed by atoms with E-state index in [1.54, 1.807) is 11.7 Å². The molecule has 1 aromatic heterocycles. The first-order chi connectivity index (χ1) is 6.27. The Kier molecular flexibility index (Phi) is 1.73. The van der Waals surface area contributed by atoms with Crippen LogP contribution in [0.25, 0.3) is 5.69 Å². The van der Waals surface area contributed by atoms with Gasteiger partial charge in [-0.1, -0.05) is 28.1 Å². The lowest BCUT2D eigenvalue weighted by Crippen LogP contribution is -2.30. The molecule has 0 fully saturated rings. The highest BCUT2D eigenvalue weighted by Gasteiger charge is 2.08. The third kappa shape index (κ3) is 1.38. The molecule has 4 nitrogen and oxygen atoms in total. The van der Waals surface area contributed by atoms with Gasteiger partial charge in [0.25, 0.3) is 0 Å². The van der Waals surface area contributed by atoms with Gasteiger partial charge in [-0.2, -0.15) is 4.68 Å². The predicted octanol–water partition coefficient (Wildman–Crippen LogP) is -0.00990. The third-order valence-electron chi connectivity index (χ3n) is 1.80. The molecule has 0 atom stereocenters. The lowest BCUT2D eigenvalue weighted by atomic mass is 10.3. The molecule has 4 heteroatoms. The maximum Gasteiger partial charge on any atom is 0.398 e. The summed E-state index contributed by atoms with van der Waals surface area (Å²) in [6.45, 7) is 0. The highest BCUT2D eigenvalue weighted by atomic mass is 16.1. The molecule has 0 aliphatic rings. The van der Waals surface area contributed by atoms with Crippen LogP contribution in [0.1, 0.15) is 0 Å². The van der Waals surface area contributed by atoms with Gasteiger partial charge in [-0.15, -0.1) is 0 Å². The SMILES string of the molecule is C[n+]1cc(=O)n(-c2ccccc2)[nH]1. The fourth-order valence-corrected chi connectivity index (χ4v) is 1.22. The number of aromatic nitrogens is 3. The minimum Gasteiger partial charge on any atom is -0.235 e. The minimum atomic E-state index is -0.0614. The second-order valence-electron chi connectivity index (χ2n) is 2.85. The van der Waals surface area contributed by atoms with E-state index in [9.17, 15) is 4.79 Å². The fraction of sp³-hybridized carbons (Fsp3) is 0.111. The second-order valence-corrected chi connectivity index (χ2v) is 2.85. The van der Waals surface area contributed by atoms with E-state index in [0.717, 1.165) is 5.69 Å². The summed E-state index contributed by atoms with van der Waals surface area (Å²) in [5.74, 6) is 0. The van der Waals surface area contributed by atoms with E-state index in [2.05, 4.69) is 5.21 Å². The number of aryl methyl sites for hydroxylation is 1. The maximum absolute atomic E-state index is 11.4. The smallest absolute Gasteiger partial charge is 0.235 e. The first kappa shape index (κ1) is 7.79. The summed E-state index contributed by atoms with van der Waals surface area (Å²) >= 11 is 0. The van der Waals surface area contributed by atoms with Gasteiger partial charge >= 0.3 is 5.56 Å². The van der Waals surface area contributed by atoms with Crippen molar-refractivity contribution < 1.29 is 4.68 Å². The molecule has 13 heavy (non-hydrogen) atoms. The zero-order valence-corrected chi connectivity index (χ0v) is 7.27. The molecule has 2 aromatic rings. The van der Waals surface area contributed by atoms with Crippen molar-refractivity contribution in [1.82, 2.24) is 9.90 Å². The molecule has 0 spiro atoms. The Morgan fingerprint density at radius 2 is 2.00 bits per heavy atom. The monoisotopic (exact) mass is 176 g/mol. The van der Waals surface area contributed by atoms with Crippen molar-refractivity contribution in [1.29, 1.82) is 0 Å². The van der Waals surface area contributed by atoms with Crippen LogP contribution in [-0.2, 0) is 7.05 Å². The van der Waals surface area contributed by atoms with Gasteiger partial charge in [0.05, 0.1) is 0 Å². The van der Waals surface area contributed by atoms with E-state index >= 15 is 0 Å². The highest BCUT2D eigenvalue weighted by Crippen LogP contribution is 1.99. The number of nitrogens with one attached hydrogen (secondary N) is 1. The number of H-pyrrole nitrogens is 1. The highest BCUT2D eigenvalue weighted by molar-refractivity contribution is 5.28. The molecule has 0 amide bonds. The van der Waals surface area contributed by atoms with Crippen molar-refractivity contribution in [2.45, 2.75) is 0 Å². The van der Waals surface area contributed by atoms with Gasteiger partial charge in [-0.25, -0.2) is 4.79 Å². The zero-order chi connectivity index (χ0) is 9.26. The van der Waals surface area contributed by atoms with E-state index in [0.29, 0.717) is 0 Å². The number of rotatable bonds is 1. The molecule has 2 rings (SSSR count). The summed E-state index contributed by atoms with van der Waals surface area (Å²) in [6, 6.07) is 9.44. The van der Waals surface area contributed by atoms with E-state index in [1.807, 2.05) is 30.3 Å². The molecular weight excluding hydrogens is 166 g/mol. The molecule has 66 valence electrons. The standard InChI is InChI=1S/C9H9N3O/c1-11-7-9(13)12(10-11)8-5-3-2-4-6-8/h2-7H,1H3/p+1. The summed E-state index contributed by atoms with van der Waals surface area (Å²) < 4.78 is 3.11. The number of benzene rings is 1. The van der Waals surface area contributed by atoms with Crippen LogP contribution in [0.5, 0.6) is 0 Å². The van der Waals surface area contributed by atoms with E-state index in [4.69, 9.17) is 0 Å². The summed E-state index contributed by atoms with van der Waals surface area (Å²) in [5.41, 5.74) is 0.779. The maximum atomic E-state index is 11.4. The Balaban J connectivity index is 2.59. The fourth-order valence-electron chi connectivity index (χ4n) is 1.22. The quantitative estimate of drug-likeness (QED) is 0.610. The van der Waals surface area contributed by atoms with Gasteiger partial charge in [0.15, 0.2) is 5.69 Å². The first-order valence-corrected chi connectivity index (χ1v) is 4.00. The summed E-state index contributed by atoms with van der Waals surface area (Å²) in [5, 5.41) is 2.88. The van der Waals surface area contributed by atoms with Crippen molar-refractivity contribution in [3.63, 3.8) is 0 Å². The molecule has 0 unspecified atom stereocenters. The molecule has 0 saturated carbocycles. The van der Waals surface area contributed by atoms with Crippen LogP contribution in [0, 0.1) is 0 Å². The zero-order valence-electron chi connectivity index (χ0n) is 7.27. The second kappa shape index (κ2) is 2.90. The summed E-state index contributed by atoms with van der Waals surface area (Å²) in [7, 11) is 1.78. The molecule has 0 aliphatic carbocycles. The van der Waals surface area contributed by atoms with Crippen molar-refractivity contribution >= 4 is 0 Å². The Morgan fingerprint density at radius 1 is 1.31 bits per heavy atom. The first-order valence-electron chi connectivity index (χ1n) is 4.00. The number of hydrogen-bond donors (Lipinski definition) is 1. The van der Waals surface area contributed by atoms with Crippen LogP contribution in [0.3, 0.4) is 0 Å². The summed E-state index contributed by atoms with van der Waals surface area (Å²) in [6.07, 6.45) is 1.49. The average Bonchev–Trinajstić information content (AvgIpc) is 2.47. The van der Waals surface area contributed by atoms with Crippen molar-refractivity contribution in [3.05, 3.63) is 46.9 Å². The largest absolute Gasteiger partial charge is 0.398 e. The van der Waals surface area contributed by atoms with Crippen molar-refractivity contribution in [2.75, 3.05) is 0 Å². The molecular formula is C9H10N3O+. The Labute approximate surface area is 75.0 Å². The van der Waals surface area contributed by atoms with Crippen LogP contribution >= 0.6 is 0 Å². The van der Waals surface area contributed by atoms with Gasteiger partial charge in [0.1, 0.15) is 7.05 Å². The lowest BCUT2D eigenvalue weighted by Gasteiger charge is -1.90. The normalized spacial score (nSPS) is 10.2. The molecule has 0 aliphatic heterocycles. The third-order valence-corrected chi connectivity index (χ3v) is 1.80. The molecule has 0 radical (unpaired) electrons. The Bertz CT molecular complexity index is 455. The lowest BCUT2D eigenvalue weighted by molar-refractivity contribution is -0.731. The topological polar surface area (TPSA) is 41.7 Å². The molecule has 1 aromatic carbocycles. The number of aromatic amines is 1. The van der Waals surface area contributed by atoms with Crippen molar-refractivity contribution in [3.8, 4) is 5.69 Å². The van der Waals surface area contributed by atoms with Gasteiger partial charge < -0.3 is 0 Å². The Morgan fingerprint density at radius 3 is 2.54 bits per heavy atom. The Hall–Kier alpha value is -1.84. The summed E-state index contributed by atoms with van der Waals surface area (Å²) in [4.78, 5) is 11.4. The van der Waals surface area contributed by atoms with Crippen LogP contribution in [0.2, 0.25) is 0 Å². The average molecular weight is 176 g/mol. The van der Waals surface area contributed by atoms with Crippen LogP contribution < -0.4 is 10.2 Å². The van der Waals surface area contributed by atoms with E-state index in [1.165, 1.54) is 10.9 Å².